The summed E-state index contributed by atoms with van der Waals surface area (Å²) in [7, 11) is 0. The highest BCUT2D eigenvalue weighted by Crippen LogP contribution is 2.41. The molecule has 1 saturated heterocycles. The molecule has 4 N–H and O–H groups in total. The average Bonchev–Trinajstić information content (AvgIpc) is 3.21. The first-order valence-electron chi connectivity index (χ1n) is 8.82. The van der Waals surface area contributed by atoms with Crippen LogP contribution >= 0.6 is 0 Å². The van der Waals surface area contributed by atoms with Crippen LogP contribution in [0.2, 0.25) is 0 Å². The van der Waals surface area contributed by atoms with Gasteiger partial charge in [-0.25, -0.2) is 9.18 Å². The van der Waals surface area contributed by atoms with E-state index >= 15 is 4.39 Å². The third kappa shape index (κ3) is 2.26. The summed E-state index contributed by atoms with van der Waals surface area (Å²) < 4.78 is 17.3. The third-order valence-electron chi connectivity index (χ3n) is 5.37. The number of anilines is 1. The summed E-state index contributed by atoms with van der Waals surface area (Å²) in [5.74, 6) is -1.93. The van der Waals surface area contributed by atoms with E-state index in [1.54, 1.807) is 4.57 Å². The molecule has 10 heteroatoms. The zero-order valence-electron chi connectivity index (χ0n) is 14.3. The van der Waals surface area contributed by atoms with Crippen LogP contribution in [-0.4, -0.2) is 50.2 Å². The first-order valence-corrected chi connectivity index (χ1v) is 8.82. The molecule has 1 aliphatic heterocycles. The Labute approximate surface area is 151 Å². The quantitative estimate of drug-likeness (QED) is 0.625. The van der Waals surface area contributed by atoms with E-state index in [0.717, 1.165) is 19.3 Å². The van der Waals surface area contributed by atoms with Crippen LogP contribution in [0.4, 0.5) is 10.1 Å². The molecule has 1 unspecified atom stereocenters. The summed E-state index contributed by atoms with van der Waals surface area (Å²) in [6.45, 7) is 1.05. The van der Waals surface area contributed by atoms with E-state index in [1.165, 1.54) is 6.20 Å². The number of H-pyrrole nitrogens is 1. The summed E-state index contributed by atoms with van der Waals surface area (Å²) in [5, 5.41) is 19.9. The van der Waals surface area contributed by atoms with Crippen molar-refractivity contribution in [3.63, 3.8) is 0 Å². The van der Waals surface area contributed by atoms with Crippen LogP contribution < -0.4 is 16.1 Å². The zero-order valence-corrected chi connectivity index (χ0v) is 14.3. The molecule has 0 radical (unpaired) electrons. The fraction of sp³-hybridized carbons (Fsp3) is 0.412. The van der Waals surface area contributed by atoms with Gasteiger partial charge in [-0.2, -0.15) is 15.4 Å². The lowest BCUT2D eigenvalue weighted by molar-refractivity contribution is 0.0695. The normalized spacial score (nSPS) is 20.1. The number of hydrogen-bond donors (Lipinski definition) is 3. The topological polar surface area (TPSA) is 130 Å². The molecule has 3 heterocycles. The molecular formula is C17H17FN6O3. The highest BCUT2D eigenvalue weighted by atomic mass is 19.1. The number of hydrogen-bond acceptors (Lipinski definition) is 6. The van der Waals surface area contributed by atoms with Crippen LogP contribution in [0.25, 0.3) is 21.9 Å². The second kappa shape index (κ2) is 5.49. The Morgan fingerprint density at radius 1 is 1.30 bits per heavy atom. The number of carboxylic acids is 1. The molecule has 2 fully saturated rings. The zero-order chi connectivity index (χ0) is 18.9. The second-order valence-electron chi connectivity index (χ2n) is 7.22. The maximum Gasteiger partial charge on any atom is 0.341 e. The number of nitrogens with one attached hydrogen (secondary N) is 1. The molecule has 0 spiro atoms. The Balaban J connectivity index is 1.94. The smallest absolute Gasteiger partial charge is 0.341 e. The largest absolute Gasteiger partial charge is 0.477 e. The van der Waals surface area contributed by atoms with Gasteiger partial charge in [-0.05, 0) is 19.3 Å². The van der Waals surface area contributed by atoms with Crippen molar-refractivity contribution < 1.29 is 14.3 Å². The number of carbonyl (C=O) groups is 1. The maximum absolute atomic E-state index is 15.7. The lowest BCUT2D eigenvalue weighted by Crippen LogP contribution is -2.28. The molecule has 5 rings (SSSR count). The van der Waals surface area contributed by atoms with Gasteiger partial charge in [0.25, 0.3) is 0 Å². The predicted molar refractivity (Wildman–Crippen MR) is 95.6 cm³/mol. The fourth-order valence-electron chi connectivity index (χ4n) is 3.93. The third-order valence-corrected chi connectivity index (χ3v) is 5.37. The highest BCUT2D eigenvalue weighted by Gasteiger charge is 2.33. The number of halogens is 1. The van der Waals surface area contributed by atoms with Crippen molar-refractivity contribution >= 4 is 33.6 Å². The SMILES string of the molecule is NC1CCN(c2c(F)c3c(c(=O)c(C(=O)O)cn3C3CC3)c3n[nH]nc23)C1. The van der Waals surface area contributed by atoms with Gasteiger partial charge in [0.2, 0.25) is 5.43 Å². The van der Waals surface area contributed by atoms with Crippen molar-refractivity contribution in [2.45, 2.75) is 31.3 Å². The lowest BCUT2D eigenvalue weighted by Gasteiger charge is -2.21. The molecule has 0 amide bonds. The van der Waals surface area contributed by atoms with Crippen molar-refractivity contribution in [1.82, 2.24) is 20.0 Å². The van der Waals surface area contributed by atoms with E-state index in [-0.39, 0.29) is 39.7 Å². The Morgan fingerprint density at radius 3 is 2.67 bits per heavy atom. The van der Waals surface area contributed by atoms with Crippen molar-refractivity contribution in [2.75, 3.05) is 18.0 Å². The van der Waals surface area contributed by atoms with E-state index in [0.29, 0.717) is 13.1 Å². The van der Waals surface area contributed by atoms with Crippen molar-refractivity contribution in [2.24, 2.45) is 5.73 Å². The minimum Gasteiger partial charge on any atom is -0.477 e. The fourth-order valence-corrected chi connectivity index (χ4v) is 3.93. The highest BCUT2D eigenvalue weighted by molar-refractivity contribution is 6.10. The molecular weight excluding hydrogens is 355 g/mol. The molecule has 1 saturated carbocycles. The number of fused-ring (bicyclic) bond motifs is 3. The van der Waals surface area contributed by atoms with Gasteiger partial charge in [-0.3, -0.25) is 4.79 Å². The van der Waals surface area contributed by atoms with Crippen molar-refractivity contribution in [1.29, 1.82) is 0 Å². The Kier molecular flexibility index (Phi) is 3.29. The Hall–Kier alpha value is -3.01. The number of carboxylic acid groups (broad SMARTS) is 1. The van der Waals surface area contributed by atoms with Gasteiger partial charge >= 0.3 is 5.97 Å². The maximum atomic E-state index is 15.7. The van der Waals surface area contributed by atoms with E-state index < -0.39 is 22.8 Å². The molecule has 9 nitrogen and oxygen atoms in total. The van der Waals surface area contributed by atoms with Crippen LogP contribution in [0.1, 0.15) is 35.7 Å². The molecule has 2 aromatic heterocycles. The van der Waals surface area contributed by atoms with Crippen LogP contribution in [0.5, 0.6) is 0 Å². The summed E-state index contributed by atoms with van der Waals surface area (Å²) in [6.07, 6.45) is 3.58. The first-order chi connectivity index (χ1) is 13.0. The molecule has 1 aromatic carbocycles. The van der Waals surface area contributed by atoms with Crippen LogP contribution in [-0.2, 0) is 0 Å². The van der Waals surface area contributed by atoms with Crippen LogP contribution in [0, 0.1) is 5.82 Å². The number of benzene rings is 1. The van der Waals surface area contributed by atoms with Gasteiger partial charge in [-0.15, -0.1) is 0 Å². The number of aromatic amines is 1. The standard InChI is InChI=1S/C17H17FN6O3/c18-11-14-10(16(25)9(17(26)27)6-24(14)8-1-2-8)12-13(21-22-20-12)15(11)23-4-3-7(19)5-23/h6-8H,1-5,19H2,(H,26,27)(H,20,21,22). The number of rotatable bonds is 3. The number of nitrogens with zero attached hydrogens (tertiary/aromatic N) is 4. The summed E-state index contributed by atoms with van der Waals surface area (Å²) >= 11 is 0. The number of aromatic nitrogens is 4. The number of nitrogens with two attached hydrogens (primary N) is 1. The van der Waals surface area contributed by atoms with Gasteiger partial charge in [0.05, 0.1) is 10.9 Å². The van der Waals surface area contributed by atoms with Crippen LogP contribution in [0.15, 0.2) is 11.0 Å². The Morgan fingerprint density at radius 2 is 2.04 bits per heavy atom. The van der Waals surface area contributed by atoms with Gasteiger partial charge in [0.15, 0.2) is 5.82 Å². The van der Waals surface area contributed by atoms with E-state index in [9.17, 15) is 14.7 Å². The van der Waals surface area contributed by atoms with Crippen LogP contribution in [0.3, 0.4) is 0 Å². The van der Waals surface area contributed by atoms with E-state index in [4.69, 9.17) is 5.73 Å². The molecule has 2 aliphatic rings. The number of pyridine rings is 1. The summed E-state index contributed by atoms with van der Waals surface area (Å²) in [4.78, 5) is 26.2. The van der Waals surface area contributed by atoms with E-state index in [1.807, 2.05) is 4.90 Å². The van der Waals surface area contributed by atoms with Gasteiger partial charge in [-0.1, -0.05) is 0 Å². The minimum atomic E-state index is -1.34. The van der Waals surface area contributed by atoms with Gasteiger partial charge < -0.3 is 20.3 Å². The molecule has 0 bridgehead atoms. The second-order valence-corrected chi connectivity index (χ2v) is 7.22. The molecule has 1 atom stereocenters. The van der Waals surface area contributed by atoms with Crippen molar-refractivity contribution in [3.05, 3.63) is 27.8 Å². The first kappa shape index (κ1) is 16.2. The average molecular weight is 372 g/mol. The Bertz CT molecular complexity index is 1170. The number of aromatic carboxylic acids is 1. The van der Waals surface area contributed by atoms with E-state index in [2.05, 4.69) is 15.4 Å². The molecule has 140 valence electrons. The van der Waals surface area contributed by atoms with Gasteiger partial charge in [0.1, 0.15) is 22.3 Å². The lowest BCUT2D eigenvalue weighted by atomic mass is 10.1. The summed E-state index contributed by atoms with van der Waals surface area (Å²) in [6, 6.07) is -0.0965. The molecule has 27 heavy (non-hydrogen) atoms. The molecule has 3 aromatic rings. The minimum absolute atomic E-state index is 0.0289. The van der Waals surface area contributed by atoms with Gasteiger partial charge in [0, 0.05) is 31.4 Å². The van der Waals surface area contributed by atoms with Crippen molar-refractivity contribution in [3.8, 4) is 0 Å². The predicted octanol–water partition coefficient (Wildman–Crippen LogP) is 0.982. The monoisotopic (exact) mass is 372 g/mol. The summed E-state index contributed by atoms with van der Waals surface area (Å²) in [5.41, 5.74) is 5.59. The molecule has 1 aliphatic carbocycles.